The molecule has 1 aliphatic heterocycles. The van der Waals surface area contributed by atoms with Crippen LogP contribution in [0.15, 0.2) is 21.2 Å². The van der Waals surface area contributed by atoms with E-state index in [9.17, 15) is 9.59 Å². The molecule has 0 spiro atoms. The summed E-state index contributed by atoms with van der Waals surface area (Å²) in [4.78, 5) is 24.6. The first-order valence-corrected chi connectivity index (χ1v) is 6.35. The number of rotatable bonds is 3. The fourth-order valence-electron chi connectivity index (χ4n) is 1.76. The van der Waals surface area contributed by atoms with Crippen LogP contribution in [0.5, 0.6) is 0 Å². The van der Waals surface area contributed by atoms with E-state index in [0.29, 0.717) is 23.5 Å². The molecule has 98 valence electrons. The van der Waals surface area contributed by atoms with Gasteiger partial charge in [-0.2, -0.15) is 0 Å². The number of carbonyl (C=O) groups is 2. The molecule has 0 aliphatic carbocycles. The quantitative estimate of drug-likeness (QED) is 0.829. The van der Waals surface area contributed by atoms with Crippen LogP contribution in [0.1, 0.15) is 5.76 Å². The maximum absolute atomic E-state index is 12.1. The van der Waals surface area contributed by atoms with Crippen molar-refractivity contribution in [1.29, 1.82) is 0 Å². The van der Waals surface area contributed by atoms with Gasteiger partial charge in [-0.05, 0) is 28.1 Å². The smallest absolute Gasteiger partial charge is 0.241 e. The van der Waals surface area contributed by atoms with Crippen molar-refractivity contribution in [2.24, 2.45) is 0 Å². The number of halogens is 1. The molecule has 1 atom stereocenters. The molecule has 0 saturated carbocycles. The first-order chi connectivity index (χ1) is 8.56. The molecule has 6 nitrogen and oxygen atoms in total. The molecule has 18 heavy (non-hydrogen) atoms. The molecule has 1 aromatic heterocycles. The Balaban J connectivity index is 1.90. The van der Waals surface area contributed by atoms with E-state index in [2.05, 4.69) is 26.6 Å². The van der Waals surface area contributed by atoms with Gasteiger partial charge in [0.05, 0.1) is 13.1 Å². The molecular formula is C11H14BrN3O3. The van der Waals surface area contributed by atoms with Gasteiger partial charge in [-0.25, -0.2) is 0 Å². The monoisotopic (exact) mass is 315 g/mol. The molecule has 2 heterocycles. The fraction of sp³-hybridized carbons (Fsp3) is 0.455. The molecule has 2 N–H and O–H groups in total. The van der Waals surface area contributed by atoms with Gasteiger partial charge < -0.3 is 14.6 Å². The van der Waals surface area contributed by atoms with Crippen molar-refractivity contribution in [2.45, 2.75) is 12.6 Å². The molecule has 2 amide bonds. The lowest BCUT2D eigenvalue weighted by molar-refractivity contribution is -0.134. The average Bonchev–Trinajstić information content (AvgIpc) is 2.75. The van der Waals surface area contributed by atoms with Gasteiger partial charge in [0.1, 0.15) is 11.8 Å². The summed E-state index contributed by atoms with van der Waals surface area (Å²) >= 11 is 3.21. The summed E-state index contributed by atoms with van der Waals surface area (Å²) in [7, 11) is 1.71. The lowest BCUT2D eigenvalue weighted by Gasteiger charge is -2.27. The van der Waals surface area contributed by atoms with E-state index < -0.39 is 0 Å². The van der Waals surface area contributed by atoms with E-state index in [0.717, 1.165) is 0 Å². The van der Waals surface area contributed by atoms with Crippen molar-refractivity contribution < 1.29 is 14.0 Å². The predicted octanol–water partition coefficient (Wildman–Crippen LogP) is 0.0885. The summed E-state index contributed by atoms with van der Waals surface area (Å²) < 4.78 is 5.98. The minimum Gasteiger partial charge on any atom is -0.452 e. The second-order valence-corrected chi connectivity index (χ2v) is 4.92. The molecule has 0 radical (unpaired) electrons. The zero-order chi connectivity index (χ0) is 13.1. The van der Waals surface area contributed by atoms with E-state index in [4.69, 9.17) is 4.42 Å². The molecule has 2 rings (SSSR count). The van der Waals surface area contributed by atoms with Crippen molar-refractivity contribution >= 4 is 27.7 Å². The Morgan fingerprint density at radius 1 is 1.61 bits per heavy atom. The zero-order valence-corrected chi connectivity index (χ0v) is 11.5. The average molecular weight is 316 g/mol. The van der Waals surface area contributed by atoms with Crippen LogP contribution in [-0.4, -0.2) is 42.9 Å². The highest BCUT2D eigenvalue weighted by molar-refractivity contribution is 9.10. The molecule has 1 aromatic rings. The highest BCUT2D eigenvalue weighted by atomic mass is 79.9. The molecule has 7 heteroatoms. The summed E-state index contributed by atoms with van der Waals surface area (Å²) in [5, 5.41) is 5.55. The van der Waals surface area contributed by atoms with Gasteiger partial charge in [-0.3, -0.25) is 14.9 Å². The normalized spacial score (nSPS) is 19.4. The van der Waals surface area contributed by atoms with Crippen molar-refractivity contribution in [3.05, 3.63) is 22.6 Å². The van der Waals surface area contributed by atoms with E-state index in [1.165, 1.54) is 0 Å². The topological polar surface area (TPSA) is 74.6 Å². The van der Waals surface area contributed by atoms with Crippen molar-refractivity contribution in [3.8, 4) is 0 Å². The van der Waals surface area contributed by atoms with Crippen molar-refractivity contribution in [2.75, 3.05) is 20.1 Å². The van der Waals surface area contributed by atoms with Gasteiger partial charge >= 0.3 is 0 Å². The number of nitrogens with zero attached hydrogens (tertiary/aromatic N) is 1. The van der Waals surface area contributed by atoms with Crippen LogP contribution >= 0.6 is 15.9 Å². The number of hydrogen-bond donors (Lipinski definition) is 2. The highest BCUT2D eigenvalue weighted by Crippen LogP contribution is 2.15. The summed E-state index contributed by atoms with van der Waals surface area (Å²) in [5.41, 5.74) is 0. The van der Waals surface area contributed by atoms with E-state index in [1.54, 1.807) is 18.0 Å². The SMILES string of the molecule is CN(Cc1ccc(Br)o1)C(=O)C1CNC(=O)CN1. The first kappa shape index (κ1) is 13.1. The third kappa shape index (κ3) is 3.11. The van der Waals surface area contributed by atoms with Crippen molar-refractivity contribution in [3.63, 3.8) is 0 Å². The summed E-state index contributed by atoms with van der Waals surface area (Å²) in [6.07, 6.45) is 0. The highest BCUT2D eigenvalue weighted by Gasteiger charge is 2.26. The Morgan fingerprint density at radius 2 is 2.39 bits per heavy atom. The molecular weight excluding hydrogens is 302 g/mol. The van der Waals surface area contributed by atoms with Gasteiger partial charge in [0.25, 0.3) is 0 Å². The van der Waals surface area contributed by atoms with Gasteiger partial charge in [-0.1, -0.05) is 0 Å². The summed E-state index contributed by atoms with van der Waals surface area (Å²) in [5.74, 6) is 0.553. The molecule has 1 unspecified atom stereocenters. The summed E-state index contributed by atoms with van der Waals surface area (Å²) in [6.45, 7) is 0.900. The molecule has 1 fully saturated rings. The lowest BCUT2D eigenvalue weighted by atomic mass is 10.2. The Hall–Kier alpha value is -1.34. The third-order valence-corrected chi connectivity index (χ3v) is 3.13. The van der Waals surface area contributed by atoms with Gasteiger partial charge in [0.2, 0.25) is 11.8 Å². The van der Waals surface area contributed by atoms with Crippen molar-refractivity contribution in [1.82, 2.24) is 15.5 Å². The Labute approximate surface area is 113 Å². The number of piperazine rings is 1. The fourth-order valence-corrected chi connectivity index (χ4v) is 2.10. The van der Waals surface area contributed by atoms with Crippen LogP contribution < -0.4 is 10.6 Å². The minimum absolute atomic E-state index is 0.0671. The van der Waals surface area contributed by atoms with Gasteiger partial charge in [0.15, 0.2) is 4.67 Å². The number of furan rings is 1. The van der Waals surface area contributed by atoms with Crippen LogP contribution in [-0.2, 0) is 16.1 Å². The molecule has 0 aromatic carbocycles. The second-order valence-electron chi connectivity index (χ2n) is 4.14. The Bertz CT molecular complexity index is 450. The van der Waals surface area contributed by atoms with E-state index >= 15 is 0 Å². The Morgan fingerprint density at radius 3 is 2.94 bits per heavy atom. The maximum atomic E-state index is 12.1. The van der Waals surface area contributed by atoms with Crippen LogP contribution in [0.4, 0.5) is 0 Å². The zero-order valence-electron chi connectivity index (χ0n) is 9.90. The number of amides is 2. The predicted molar refractivity (Wildman–Crippen MR) is 67.7 cm³/mol. The van der Waals surface area contributed by atoms with Crippen LogP contribution in [0.3, 0.4) is 0 Å². The largest absolute Gasteiger partial charge is 0.452 e. The molecule has 1 aliphatic rings. The lowest BCUT2D eigenvalue weighted by Crippen LogP contribution is -2.58. The van der Waals surface area contributed by atoms with Crippen LogP contribution in [0, 0.1) is 0 Å². The maximum Gasteiger partial charge on any atom is 0.241 e. The number of hydrogen-bond acceptors (Lipinski definition) is 4. The minimum atomic E-state index is -0.369. The molecule has 0 bridgehead atoms. The standard InChI is InChI=1S/C11H14BrN3O3/c1-15(6-7-2-3-9(12)18-7)11(17)8-4-14-10(16)5-13-8/h2-3,8,13H,4-6H2,1H3,(H,14,16). The number of carbonyl (C=O) groups excluding carboxylic acids is 2. The second kappa shape index (κ2) is 5.53. The van der Waals surface area contributed by atoms with E-state index in [-0.39, 0.29) is 24.4 Å². The van der Waals surface area contributed by atoms with E-state index in [1.807, 2.05) is 6.07 Å². The Kier molecular flexibility index (Phi) is 4.03. The number of likely N-dealkylation sites (N-methyl/N-ethyl adjacent to an activating group) is 1. The summed E-state index contributed by atoms with van der Waals surface area (Å²) in [6, 6.07) is 3.22. The van der Waals surface area contributed by atoms with Crippen LogP contribution in [0.2, 0.25) is 0 Å². The number of nitrogens with one attached hydrogen (secondary N) is 2. The van der Waals surface area contributed by atoms with Gasteiger partial charge in [0, 0.05) is 13.6 Å². The first-order valence-electron chi connectivity index (χ1n) is 5.55. The van der Waals surface area contributed by atoms with Crippen LogP contribution in [0.25, 0.3) is 0 Å². The van der Waals surface area contributed by atoms with Gasteiger partial charge in [-0.15, -0.1) is 0 Å². The molecule has 1 saturated heterocycles. The third-order valence-electron chi connectivity index (χ3n) is 2.71.